The number of rotatable bonds is 10. The van der Waals surface area contributed by atoms with Crippen molar-refractivity contribution in [2.75, 3.05) is 45.8 Å². The summed E-state index contributed by atoms with van der Waals surface area (Å²) in [6.07, 6.45) is 16.5. The van der Waals surface area contributed by atoms with Gasteiger partial charge in [0.05, 0.1) is 0 Å². The van der Waals surface area contributed by atoms with Crippen molar-refractivity contribution < 1.29 is 0 Å². The van der Waals surface area contributed by atoms with Gasteiger partial charge in [-0.3, -0.25) is 4.90 Å². The van der Waals surface area contributed by atoms with Crippen LogP contribution in [0.5, 0.6) is 0 Å². The van der Waals surface area contributed by atoms with Crippen molar-refractivity contribution in [3.63, 3.8) is 0 Å². The summed E-state index contributed by atoms with van der Waals surface area (Å²) < 4.78 is 0. The number of likely N-dealkylation sites (N-methyl/N-ethyl adjacent to an activating group) is 1. The van der Waals surface area contributed by atoms with E-state index in [-0.39, 0.29) is 0 Å². The number of nitrogens with one attached hydrogen (secondary N) is 1. The smallest absolute Gasteiger partial charge is 0.0169 e. The van der Waals surface area contributed by atoms with Crippen LogP contribution in [0.2, 0.25) is 0 Å². The highest BCUT2D eigenvalue weighted by atomic mass is 15.3. The molecule has 4 nitrogen and oxygen atoms in total. The third kappa shape index (κ3) is 7.68. The van der Waals surface area contributed by atoms with Gasteiger partial charge >= 0.3 is 0 Å². The molecule has 0 aromatic rings. The number of hydrogen-bond acceptors (Lipinski definition) is 4. The first kappa shape index (κ1) is 25.9. The first-order valence-electron chi connectivity index (χ1n) is 13.7. The van der Waals surface area contributed by atoms with Crippen molar-refractivity contribution >= 4 is 0 Å². The van der Waals surface area contributed by atoms with Crippen LogP contribution in [0.4, 0.5) is 0 Å². The number of piperazine rings is 1. The number of allylic oxidation sites excluding steroid dienone is 3. The van der Waals surface area contributed by atoms with Gasteiger partial charge < -0.3 is 16.0 Å². The van der Waals surface area contributed by atoms with Gasteiger partial charge in [-0.1, -0.05) is 37.6 Å². The van der Waals surface area contributed by atoms with Crippen LogP contribution in [0.15, 0.2) is 23.8 Å². The van der Waals surface area contributed by atoms with Crippen molar-refractivity contribution in [1.29, 1.82) is 0 Å². The van der Waals surface area contributed by atoms with E-state index in [1.165, 1.54) is 89.8 Å². The second-order valence-electron chi connectivity index (χ2n) is 11.1. The molecule has 2 aliphatic carbocycles. The Labute approximate surface area is 199 Å². The molecule has 0 radical (unpaired) electrons. The molecule has 3 aliphatic rings. The van der Waals surface area contributed by atoms with Crippen molar-refractivity contribution in [3.8, 4) is 0 Å². The Bertz CT molecular complexity index is 592. The molecular formula is C28H52N4. The Morgan fingerprint density at radius 2 is 1.91 bits per heavy atom. The Kier molecular flexibility index (Phi) is 10.8. The van der Waals surface area contributed by atoms with Crippen LogP contribution in [0, 0.1) is 23.7 Å². The Hall–Kier alpha value is -0.680. The Balaban J connectivity index is 1.50. The van der Waals surface area contributed by atoms with Gasteiger partial charge in [0.15, 0.2) is 0 Å². The molecule has 184 valence electrons. The van der Waals surface area contributed by atoms with Gasteiger partial charge in [-0.15, -0.1) is 0 Å². The van der Waals surface area contributed by atoms with Crippen molar-refractivity contribution in [1.82, 2.24) is 15.1 Å². The highest BCUT2D eigenvalue weighted by molar-refractivity contribution is 5.08. The van der Waals surface area contributed by atoms with E-state index in [2.05, 4.69) is 61.0 Å². The lowest BCUT2D eigenvalue weighted by atomic mass is 9.68. The van der Waals surface area contributed by atoms with Crippen molar-refractivity contribution in [2.24, 2.45) is 29.4 Å². The highest BCUT2D eigenvalue weighted by Crippen LogP contribution is 2.40. The largest absolute Gasteiger partial charge is 0.327 e. The van der Waals surface area contributed by atoms with E-state index in [1.807, 2.05) is 0 Å². The minimum atomic E-state index is 0.584. The summed E-state index contributed by atoms with van der Waals surface area (Å²) in [5.41, 5.74) is 7.34. The van der Waals surface area contributed by atoms with E-state index in [0.29, 0.717) is 12.1 Å². The lowest BCUT2D eigenvalue weighted by Gasteiger charge is -2.41. The average Bonchev–Trinajstić information content (AvgIpc) is 2.81. The predicted molar refractivity (Wildman–Crippen MR) is 139 cm³/mol. The molecule has 2 fully saturated rings. The van der Waals surface area contributed by atoms with E-state index in [1.54, 1.807) is 0 Å². The summed E-state index contributed by atoms with van der Waals surface area (Å²) in [4.78, 5) is 5.24. The third-order valence-corrected chi connectivity index (χ3v) is 8.69. The fraction of sp³-hybridized carbons (Fsp3) is 0.857. The van der Waals surface area contributed by atoms with E-state index in [9.17, 15) is 0 Å². The van der Waals surface area contributed by atoms with Crippen LogP contribution in [0.25, 0.3) is 0 Å². The zero-order valence-electron chi connectivity index (χ0n) is 21.6. The fourth-order valence-electron chi connectivity index (χ4n) is 6.61. The van der Waals surface area contributed by atoms with Crippen LogP contribution in [0.1, 0.15) is 72.6 Å². The summed E-state index contributed by atoms with van der Waals surface area (Å²) in [6, 6.07) is 1.27. The van der Waals surface area contributed by atoms with Crippen LogP contribution in [-0.4, -0.2) is 67.7 Å². The second-order valence-corrected chi connectivity index (χ2v) is 11.1. The molecule has 1 saturated heterocycles. The van der Waals surface area contributed by atoms with Gasteiger partial charge in [0.2, 0.25) is 0 Å². The topological polar surface area (TPSA) is 44.5 Å². The van der Waals surface area contributed by atoms with E-state index >= 15 is 0 Å². The van der Waals surface area contributed by atoms with Crippen molar-refractivity contribution in [2.45, 2.75) is 84.7 Å². The van der Waals surface area contributed by atoms with Crippen LogP contribution < -0.4 is 11.1 Å². The molecule has 0 aromatic carbocycles. The highest BCUT2D eigenvalue weighted by Gasteiger charge is 2.34. The minimum Gasteiger partial charge on any atom is -0.327 e. The Morgan fingerprint density at radius 3 is 2.53 bits per heavy atom. The lowest BCUT2D eigenvalue weighted by Crippen LogP contribution is -2.52. The van der Waals surface area contributed by atoms with Crippen molar-refractivity contribution in [3.05, 3.63) is 23.8 Å². The summed E-state index contributed by atoms with van der Waals surface area (Å²) in [6.45, 7) is 17.5. The molecule has 0 amide bonds. The number of nitrogens with zero attached hydrogens (tertiary/aromatic N) is 2. The van der Waals surface area contributed by atoms with Crippen LogP contribution in [0.3, 0.4) is 0 Å². The first-order chi connectivity index (χ1) is 15.5. The molecule has 1 aliphatic heterocycles. The van der Waals surface area contributed by atoms with Gasteiger partial charge in [0.1, 0.15) is 0 Å². The van der Waals surface area contributed by atoms with Gasteiger partial charge in [0, 0.05) is 51.4 Å². The monoisotopic (exact) mass is 444 g/mol. The quantitative estimate of drug-likeness (QED) is 0.481. The standard InChI is InChI=1S/C28H52N4/c1-5-7-26(18-24-9-11-25(20-29)12-10-24)28-19-27(13-8-22(28)3)30-23(4)21-32-16-14-31(6-2)15-17-32/h5,7,11,22-24,26-28,30H,6,8-10,12-21,29H2,1-4H3/b7-5-/t22?,23?,24-,26?,27?,28?/m1/s1. The lowest BCUT2D eigenvalue weighted by molar-refractivity contribution is 0.115. The van der Waals surface area contributed by atoms with Gasteiger partial charge in [-0.05, 0) is 89.0 Å². The molecule has 32 heavy (non-hydrogen) atoms. The summed E-state index contributed by atoms with van der Waals surface area (Å²) >= 11 is 0. The molecule has 3 N–H and O–H groups in total. The zero-order chi connectivity index (χ0) is 22.9. The van der Waals surface area contributed by atoms with E-state index in [4.69, 9.17) is 5.73 Å². The van der Waals surface area contributed by atoms with Crippen LogP contribution in [-0.2, 0) is 0 Å². The third-order valence-electron chi connectivity index (χ3n) is 8.69. The molecule has 0 bridgehead atoms. The maximum atomic E-state index is 5.87. The molecule has 0 aromatic heterocycles. The molecule has 5 unspecified atom stereocenters. The normalized spacial score (nSPS) is 32.7. The first-order valence-corrected chi connectivity index (χ1v) is 13.7. The number of hydrogen-bond donors (Lipinski definition) is 2. The van der Waals surface area contributed by atoms with Gasteiger partial charge in [0.25, 0.3) is 0 Å². The molecule has 3 rings (SSSR count). The molecule has 1 saturated carbocycles. The molecule has 6 atom stereocenters. The predicted octanol–water partition coefficient (Wildman–Crippen LogP) is 4.67. The zero-order valence-corrected chi connectivity index (χ0v) is 21.6. The molecule has 4 heteroatoms. The summed E-state index contributed by atoms with van der Waals surface area (Å²) in [7, 11) is 0. The van der Waals surface area contributed by atoms with Gasteiger partial charge in [-0.2, -0.15) is 0 Å². The van der Waals surface area contributed by atoms with E-state index < -0.39 is 0 Å². The molecular weight excluding hydrogens is 392 g/mol. The second kappa shape index (κ2) is 13.3. The fourth-order valence-corrected chi connectivity index (χ4v) is 6.61. The SMILES string of the molecule is C/C=C\C(C[C@@H]1CC=C(CN)CC1)C1CC(NC(C)CN2CCN(CC)CC2)CCC1C. The maximum Gasteiger partial charge on any atom is 0.0169 e. The number of nitrogens with two attached hydrogens (primary N) is 1. The molecule has 0 spiro atoms. The van der Waals surface area contributed by atoms with E-state index in [0.717, 1.165) is 30.2 Å². The Morgan fingerprint density at radius 1 is 1.16 bits per heavy atom. The summed E-state index contributed by atoms with van der Waals surface area (Å²) in [5, 5.41) is 4.05. The molecule has 1 heterocycles. The summed E-state index contributed by atoms with van der Waals surface area (Å²) in [5.74, 6) is 3.23. The minimum absolute atomic E-state index is 0.584. The maximum absolute atomic E-state index is 5.87. The van der Waals surface area contributed by atoms with Gasteiger partial charge in [-0.25, -0.2) is 0 Å². The van der Waals surface area contributed by atoms with Crippen LogP contribution >= 0.6 is 0 Å². The average molecular weight is 445 g/mol.